The van der Waals surface area contributed by atoms with Crippen molar-refractivity contribution in [2.45, 2.75) is 38.6 Å². The van der Waals surface area contributed by atoms with Gasteiger partial charge in [0.2, 0.25) is 5.79 Å². The summed E-state index contributed by atoms with van der Waals surface area (Å²) in [5, 5.41) is 0. The number of hydrogen-bond donors (Lipinski definition) is 0. The molecule has 1 heterocycles. The minimum Gasteiger partial charge on any atom is -0.462 e. The zero-order valence-corrected chi connectivity index (χ0v) is 9.32. The monoisotopic (exact) mass is 205 g/mol. The molecule has 0 aromatic heterocycles. The van der Waals surface area contributed by atoms with Crippen LogP contribution in [0.2, 0.25) is 0 Å². The van der Waals surface area contributed by atoms with E-state index in [0.717, 1.165) is 24.2 Å². The van der Waals surface area contributed by atoms with Crippen LogP contribution in [0.15, 0.2) is 24.3 Å². The van der Waals surface area contributed by atoms with Gasteiger partial charge in [-0.1, -0.05) is 32.0 Å². The standard InChI is InChI=1S/C13H17O2/c1-4-13(5-2)14-10(3)11-8-6-7-9-12(11)15-13/h6-10H,3-5H2,1-2H3/t10-/m1/s1. The van der Waals surface area contributed by atoms with Crippen LogP contribution in [0.5, 0.6) is 5.75 Å². The molecule has 1 aromatic carbocycles. The van der Waals surface area contributed by atoms with Crippen LogP contribution in [0.3, 0.4) is 0 Å². The average Bonchev–Trinajstić information content (AvgIpc) is 2.29. The van der Waals surface area contributed by atoms with Gasteiger partial charge in [-0.3, -0.25) is 0 Å². The highest BCUT2D eigenvalue weighted by Gasteiger charge is 2.37. The van der Waals surface area contributed by atoms with Gasteiger partial charge in [0.15, 0.2) is 0 Å². The van der Waals surface area contributed by atoms with E-state index in [1.165, 1.54) is 0 Å². The van der Waals surface area contributed by atoms with Crippen LogP contribution in [-0.4, -0.2) is 5.79 Å². The molecule has 0 saturated carbocycles. The fourth-order valence-electron chi connectivity index (χ4n) is 1.95. The van der Waals surface area contributed by atoms with Gasteiger partial charge in [0.25, 0.3) is 0 Å². The van der Waals surface area contributed by atoms with Crippen molar-refractivity contribution in [3.8, 4) is 5.75 Å². The minimum atomic E-state index is -0.485. The first-order chi connectivity index (χ1) is 7.21. The molecule has 0 aliphatic carbocycles. The summed E-state index contributed by atoms with van der Waals surface area (Å²) >= 11 is 0. The van der Waals surface area contributed by atoms with Crippen molar-refractivity contribution in [2.75, 3.05) is 0 Å². The topological polar surface area (TPSA) is 18.5 Å². The smallest absolute Gasteiger partial charge is 0.210 e. The second kappa shape index (κ2) is 3.86. The van der Waals surface area contributed by atoms with Crippen LogP contribution >= 0.6 is 0 Å². The summed E-state index contributed by atoms with van der Waals surface area (Å²) in [6.45, 7) is 8.17. The Morgan fingerprint density at radius 3 is 2.60 bits per heavy atom. The summed E-state index contributed by atoms with van der Waals surface area (Å²) < 4.78 is 11.8. The SMILES string of the molecule is [CH2][C@H]1OC(CC)(CC)Oc2ccccc21. The first-order valence-electron chi connectivity index (χ1n) is 5.49. The lowest BCUT2D eigenvalue weighted by Gasteiger charge is -2.40. The van der Waals surface area contributed by atoms with Crippen LogP contribution in [0.25, 0.3) is 0 Å². The first kappa shape index (κ1) is 10.5. The van der Waals surface area contributed by atoms with Gasteiger partial charge < -0.3 is 9.47 Å². The molecule has 2 nitrogen and oxygen atoms in total. The highest BCUT2D eigenvalue weighted by atomic mass is 16.7. The lowest BCUT2D eigenvalue weighted by atomic mass is 10.0. The van der Waals surface area contributed by atoms with Crippen molar-refractivity contribution in [1.82, 2.24) is 0 Å². The molecule has 81 valence electrons. The molecule has 1 aliphatic rings. The van der Waals surface area contributed by atoms with Crippen LogP contribution < -0.4 is 4.74 Å². The summed E-state index contributed by atoms with van der Waals surface area (Å²) in [4.78, 5) is 0. The molecular weight excluding hydrogens is 188 g/mol. The lowest BCUT2D eigenvalue weighted by Crippen LogP contribution is -2.42. The predicted octanol–water partition coefficient (Wildman–Crippen LogP) is 3.49. The Kier molecular flexibility index (Phi) is 2.70. The molecule has 0 saturated heterocycles. The van der Waals surface area contributed by atoms with Crippen molar-refractivity contribution in [1.29, 1.82) is 0 Å². The number of rotatable bonds is 2. The summed E-state index contributed by atoms with van der Waals surface area (Å²) in [5.74, 6) is 0.424. The van der Waals surface area contributed by atoms with E-state index in [0.29, 0.717) is 0 Å². The van der Waals surface area contributed by atoms with E-state index in [4.69, 9.17) is 9.47 Å². The lowest BCUT2D eigenvalue weighted by molar-refractivity contribution is -0.222. The van der Waals surface area contributed by atoms with Gasteiger partial charge in [-0.05, 0) is 13.0 Å². The van der Waals surface area contributed by atoms with Crippen LogP contribution in [0.1, 0.15) is 38.4 Å². The normalized spacial score (nSPS) is 23.0. The average molecular weight is 205 g/mol. The van der Waals surface area contributed by atoms with E-state index >= 15 is 0 Å². The third-order valence-electron chi connectivity index (χ3n) is 3.00. The molecule has 1 atom stereocenters. The molecule has 15 heavy (non-hydrogen) atoms. The Labute approximate surface area is 91.2 Å². The quantitative estimate of drug-likeness (QED) is 0.735. The Morgan fingerprint density at radius 2 is 1.93 bits per heavy atom. The van der Waals surface area contributed by atoms with Crippen molar-refractivity contribution in [3.05, 3.63) is 36.8 Å². The van der Waals surface area contributed by atoms with Gasteiger partial charge in [0, 0.05) is 18.4 Å². The highest BCUT2D eigenvalue weighted by Crippen LogP contribution is 2.40. The second-order valence-corrected chi connectivity index (χ2v) is 3.86. The Bertz CT molecular complexity index is 342. The van der Waals surface area contributed by atoms with Crippen molar-refractivity contribution >= 4 is 0 Å². The summed E-state index contributed by atoms with van der Waals surface area (Å²) in [6.07, 6.45) is 1.54. The van der Waals surface area contributed by atoms with Crippen molar-refractivity contribution < 1.29 is 9.47 Å². The van der Waals surface area contributed by atoms with Gasteiger partial charge in [-0.25, -0.2) is 0 Å². The van der Waals surface area contributed by atoms with Crippen LogP contribution in [0.4, 0.5) is 0 Å². The number of ether oxygens (including phenoxy) is 2. The molecule has 2 heteroatoms. The molecule has 2 rings (SSSR count). The maximum absolute atomic E-state index is 5.93. The Balaban J connectivity index is 2.37. The number of benzene rings is 1. The molecule has 1 radical (unpaired) electrons. The summed E-state index contributed by atoms with van der Waals surface area (Å²) in [7, 11) is 0. The third-order valence-corrected chi connectivity index (χ3v) is 3.00. The molecule has 0 amide bonds. The van der Waals surface area contributed by atoms with E-state index < -0.39 is 5.79 Å². The van der Waals surface area contributed by atoms with Gasteiger partial charge in [-0.15, -0.1) is 0 Å². The van der Waals surface area contributed by atoms with Gasteiger partial charge >= 0.3 is 0 Å². The molecular formula is C13H17O2. The number of para-hydroxylation sites is 1. The summed E-state index contributed by atoms with van der Waals surface area (Å²) in [5.41, 5.74) is 1.04. The van der Waals surface area contributed by atoms with Gasteiger partial charge in [0.05, 0.1) is 6.10 Å². The molecule has 1 aromatic rings. The van der Waals surface area contributed by atoms with Gasteiger partial charge in [-0.2, -0.15) is 0 Å². The van der Waals surface area contributed by atoms with Crippen LogP contribution in [-0.2, 0) is 4.74 Å². The number of hydrogen-bond acceptors (Lipinski definition) is 2. The van der Waals surface area contributed by atoms with E-state index in [1.54, 1.807) is 0 Å². The van der Waals surface area contributed by atoms with E-state index in [-0.39, 0.29) is 6.10 Å². The minimum absolute atomic E-state index is 0.130. The molecule has 0 spiro atoms. The van der Waals surface area contributed by atoms with E-state index in [1.807, 2.05) is 24.3 Å². The largest absolute Gasteiger partial charge is 0.462 e. The van der Waals surface area contributed by atoms with Crippen molar-refractivity contribution in [3.63, 3.8) is 0 Å². The molecule has 0 N–H and O–H groups in total. The molecule has 0 unspecified atom stereocenters. The zero-order chi connectivity index (χ0) is 10.9. The predicted molar refractivity (Wildman–Crippen MR) is 59.6 cm³/mol. The third kappa shape index (κ3) is 1.74. The fourth-order valence-corrected chi connectivity index (χ4v) is 1.95. The fraction of sp³-hybridized carbons (Fsp3) is 0.462. The Morgan fingerprint density at radius 1 is 1.27 bits per heavy atom. The number of fused-ring (bicyclic) bond motifs is 1. The van der Waals surface area contributed by atoms with E-state index in [2.05, 4.69) is 20.8 Å². The maximum Gasteiger partial charge on any atom is 0.210 e. The highest BCUT2D eigenvalue weighted by molar-refractivity contribution is 5.37. The van der Waals surface area contributed by atoms with Crippen molar-refractivity contribution in [2.24, 2.45) is 0 Å². The molecule has 0 fully saturated rings. The molecule has 0 bridgehead atoms. The van der Waals surface area contributed by atoms with Gasteiger partial charge in [0.1, 0.15) is 5.75 Å². The zero-order valence-electron chi connectivity index (χ0n) is 9.32. The maximum atomic E-state index is 5.93. The molecule has 1 aliphatic heterocycles. The first-order valence-corrected chi connectivity index (χ1v) is 5.49. The van der Waals surface area contributed by atoms with E-state index in [9.17, 15) is 0 Å². The Hall–Kier alpha value is -1.02. The van der Waals surface area contributed by atoms with Crippen LogP contribution in [0, 0.1) is 6.92 Å². The summed E-state index contributed by atoms with van der Waals surface area (Å²) in [6, 6.07) is 7.94. The second-order valence-electron chi connectivity index (χ2n) is 3.86.